The molecule has 1 aliphatic rings. The van der Waals surface area contributed by atoms with Crippen molar-refractivity contribution in [1.82, 2.24) is 10.2 Å². The van der Waals surface area contributed by atoms with Gasteiger partial charge >= 0.3 is 0 Å². The van der Waals surface area contributed by atoms with Crippen LogP contribution in [0.1, 0.15) is 37.5 Å². The Morgan fingerprint density at radius 2 is 1.62 bits per heavy atom. The molecule has 0 aromatic heterocycles. The fraction of sp³-hybridized carbons (Fsp3) is 0.355. The lowest BCUT2D eigenvalue weighted by atomic mass is 9.87. The number of hydrogen-bond donors (Lipinski definition) is 1. The maximum atomic E-state index is 13.8. The first-order chi connectivity index (χ1) is 18.9. The number of fused-ring (bicyclic) bond motifs is 1. The van der Waals surface area contributed by atoms with Crippen LogP contribution in [0, 0.1) is 0 Å². The van der Waals surface area contributed by atoms with Crippen LogP contribution in [-0.2, 0) is 37.9 Å². The average molecular weight is 564 g/mol. The Kier molecular flexibility index (Phi) is 8.54. The Bertz CT molecular complexity index is 1460. The zero-order valence-corrected chi connectivity index (χ0v) is 24.5. The summed E-state index contributed by atoms with van der Waals surface area (Å²) >= 11 is 0. The van der Waals surface area contributed by atoms with Gasteiger partial charge in [0.2, 0.25) is 11.8 Å². The lowest BCUT2D eigenvalue weighted by molar-refractivity contribution is -0.128. The van der Waals surface area contributed by atoms with Crippen LogP contribution in [0.5, 0.6) is 5.75 Å². The quantitative estimate of drug-likeness (QED) is 0.398. The number of carbonyl (C=O) groups is 2. The number of nitrogens with one attached hydrogen (secondary N) is 1. The molecule has 1 N–H and O–H groups in total. The summed E-state index contributed by atoms with van der Waals surface area (Å²) in [6.45, 7) is 6.63. The van der Waals surface area contributed by atoms with E-state index in [1.165, 1.54) is 4.31 Å². The van der Waals surface area contributed by atoms with Crippen LogP contribution < -0.4 is 14.4 Å². The largest absolute Gasteiger partial charge is 0.492 e. The Balaban J connectivity index is 1.42. The molecule has 0 bridgehead atoms. The van der Waals surface area contributed by atoms with E-state index in [9.17, 15) is 18.0 Å². The van der Waals surface area contributed by atoms with Crippen LogP contribution in [0.25, 0.3) is 0 Å². The number of nitrogens with zero attached hydrogens (tertiary/aromatic N) is 2. The Labute approximate surface area is 237 Å². The van der Waals surface area contributed by atoms with Crippen LogP contribution in [-0.4, -0.2) is 58.4 Å². The van der Waals surface area contributed by atoms with Crippen LogP contribution in [0.15, 0.2) is 77.7 Å². The Morgan fingerprint density at radius 1 is 0.975 bits per heavy atom. The van der Waals surface area contributed by atoms with Gasteiger partial charge in [0.15, 0.2) is 0 Å². The summed E-state index contributed by atoms with van der Waals surface area (Å²) in [6, 6.07) is 20.4. The molecule has 1 aliphatic heterocycles. The van der Waals surface area contributed by atoms with Crippen LogP contribution >= 0.6 is 0 Å². The zero-order valence-electron chi connectivity index (χ0n) is 23.7. The third kappa shape index (κ3) is 6.47. The van der Waals surface area contributed by atoms with Crippen LogP contribution in [0.2, 0.25) is 0 Å². The second-order valence-electron chi connectivity index (χ2n) is 11.2. The van der Waals surface area contributed by atoms with E-state index in [0.717, 1.165) is 16.7 Å². The number of likely N-dealkylation sites (N-methyl/N-ethyl adjacent to an activating group) is 1. The van der Waals surface area contributed by atoms with Crippen LogP contribution in [0.4, 0.5) is 5.69 Å². The van der Waals surface area contributed by atoms with Crippen molar-refractivity contribution in [2.75, 3.05) is 31.6 Å². The molecule has 0 spiro atoms. The highest BCUT2D eigenvalue weighted by atomic mass is 32.2. The summed E-state index contributed by atoms with van der Waals surface area (Å²) in [4.78, 5) is 26.9. The van der Waals surface area contributed by atoms with Crippen molar-refractivity contribution in [3.63, 3.8) is 0 Å². The fourth-order valence-corrected chi connectivity index (χ4v) is 6.24. The molecule has 2 amide bonds. The van der Waals surface area contributed by atoms with Gasteiger partial charge in [0, 0.05) is 20.5 Å². The molecule has 212 valence electrons. The lowest BCUT2D eigenvalue weighted by Gasteiger charge is -2.27. The molecule has 0 radical (unpaired) electrons. The minimum absolute atomic E-state index is 0.0171. The standard InChI is InChI=1S/C31H37N3O5S/c1-31(2,3)24-12-16-26(17-13-24)40(37,38)34-27-9-7-6-8-23(27)21-28(34)30(36)32-18-19-39-25-14-10-22(11-15-25)20-29(35)33(4)5/h6-17,28H,18-21H2,1-5H3,(H,32,36)/t28-/m0/s1. The average Bonchev–Trinajstić information content (AvgIpc) is 3.32. The summed E-state index contributed by atoms with van der Waals surface area (Å²) in [7, 11) is -0.547. The minimum Gasteiger partial charge on any atom is -0.492 e. The van der Waals surface area contributed by atoms with E-state index in [-0.39, 0.29) is 41.7 Å². The number of hydrogen-bond acceptors (Lipinski definition) is 5. The van der Waals surface area contributed by atoms with Crippen molar-refractivity contribution in [3.8, 4) is 5.75 Å². The molecule has 3 aromatic rings. The van der Waals surface area contributed by atoms with Crippen LogP contribution in [0.3, 0.4) is 0 Å². The molecular weight excluding hydrogens is 526 g/mol. The number of ether oxygens (including phenoxy) is 1. The second-order valence-corrected chi connectivity index (χ2v) is 13.0. The smallest absolute Gasteiger partial charge is 0.265 e. The maximum Gasteiger partial charge on any atom is 0.265 e. The number of amides is 2. The Hall–Kier alpha value is -3.85. The van der Waals surface area contributed by atoms with Gasteiger partial charge in [-0.25, -0.2) is 8.42 Å². The lowest BCUT2D eigenvalue weighted by Crippen LogP contribution is -2.48. The third-order valence-corrected chi connectivity index (χ3v) is 8.79. The van der Waals surface area contributed by atoms with Crippen molar-refractivity contribution >= 4 is 27.5 Å². The summed E-state index contributed by atoms with van der Waals surface area (Å²) in [6.07, 6.45) is 0.600. The van der Waals surface area contributed by atoms with Crippen molar-refractivity contribution in [1.29, 1.82) is 0 Å². The van der Waals surface area contributed by atoms with Gasteiger partial charge in [-0.05, 0) is 52.4 Å². The number of benzene rings is 3. The molecule has 0 aliphatic carbocycles. The summed E-state index contributed by atoms with van der Waals surface area (Å²) < 4.78 is 34.6. The van der Waals surface area contributed by atoms with Gasteiger partial charge in [0.1, 0.15) is 18.4 Å². The highest BCUT2D eigenvalue weighted by Crippen LogP contribution is 2.37. The number of sulfonamides is 1. The first-order valence-electron chi connectivity index (χ1n) is 13.3. The molecule has 9 heteroatoms. The van der Waals surface area contributed by atoms with Crippen molar-refractivity contribution in [2.24, 2.45) is 0 Å². The summed E-state index contributed by atoms with van der Waals surface area (Å²) in [5.41, 5.74) is 3.13. The topological polar surface area (TPSA) is 96.0 Å². The first kappa shape index (κ1) is 29.1. The molecule has 1 atom stereocenters. The predicted octanol–water partition coefficient (Wildman–Crippen LogP) is 3.93. The predicted molar refractivity (Wildman–Crippen MR) is 156 cm³/mol. The summed E-state index contributed by atoms with van der Waals surface area (Å²) in [5, 5.41) is 2.84. The molecule has 4 rings (SSSR count). The van der Waals surface area contributed by atoms with E-state index in [1.807, 2.05) is 36.4 Å². The first-order valence-corrected chi connectivity index (χ1v) is 14.7. The van der Waals surface area contributed by atoms with Gasteiger partial charge in [-0.1, -0.05) is 63.2 Å². The van der Waals surface area contributed by atoms with Crippen molar-refractivity contribution in [2.45, 2.75) is 50.0 Å². The van der Waals surface area contributed by atoms with Crippen molar-refractivity contribution in [3.05, 3.63) is 89.5 Å². The zero-order chi connectivity index (χ0) is 29.1. The van der Waals surface area contributed by atoms with E-state index >= 15 is 0 Å². The normalized spacial score (nSPS) is 14.9. The van der Waals surface area contributed by atoms with Gasteiger partial charge in [0.05, 0.1) is 23.5 Å². The molecule has 40 heavy (non-hydrogen) atoms. The number of anilines is 1. The highest BCUT2D eigenvalue weighted by Gasteiger charge is 2.42. The molecule has 0 saturated heterocycles. The van der Waals surface area contributed by atoms with Gasteiger partial charge in [-0.2, -0.15) is 0 Å². The van der Waals surface area contributed by atoms with E-state index in [0.29, 0.717) is 17.9 Å². The second kappa shape index (κ2) is 11.7. The third-order valence-electron chi connectivity index (χ3n) is 6.95. The molecular formula is C31H37N3O5S. The number of rotatable bonds is 9. The molecule has 3 aromatic carbocycles. The Morgan fingerprint density at radius 3 is 2.25 bits per heavy atom. The monoisotopic (exact) mass is 563 g/mol. The molecule has 0 unspecified atom stereocenters. The number of para-hydroxylation sites is 1. The maximum absolute atomic E-state index is 13.8. The van der Waals surface area contributed by atoms with E-state index in [1.54, 1.807) is 55.4 Å². The van der Waals surface area contributed by atoms with E-state index in [2.05, 4.69) is 26.1 Å². The number of carbonyl (C=O) groups excluding carboxylic acids is 2. The molecule has 0 saturated carbocycles. The van der Waals surface area contributed by atoms with Gasteiger partial charge in [-0.15, -0.1) is 0 Å². The van der Waals surface area contributed by atoms with Gasteiger partial charge in [-0.3, -0.25) is 13.9 Å². The van der Waals surface area contributed by atoms with Gasteiger partial charge < -0.3 is 15.0 Å². The highest BCUT2D eigenvalue weighted by molar-refractivity contribution is 7.93. The summed E-state index contributed by atoms with van der Waals surface area (Å²) in [5.74, 6) is 0.252. The van der Waals surface area contributed by atoms with E-state index < -0.39 is 16.1 Å². The molecule has 1 heterocycles. The van der Waals surface area contributed by atoms with Gasteiger partial charge in [0.25, 0.3) is 10.0 Å². The molecule has 0 fully saturated rings. The molecule has 8 nitrogen and oxygen atoms in total. The van der Waals surface area contributed by atoms with Crippen molar-refractivity contribution < 1.29 is 22.7 Å². The minimum atomic E-state index is -3.99. The fourth-order valence-electron chi connectivity index (χ4n) is 4.59. The van der Waals surface area contributed by atoms with E-state index in [4.69, 9.17) is 4.74 Å². The SMILES string of the molecule is CN(C)C(=O)Cc1ccc(OCCNC(=O)[C@@H]2Cc3ccccc3N2S(=O)(=O)c2ccc(C(C)(C)C)cc2)cc1.